The van der Waals surface area contributed by atoms with Gasteiger partial charge in [0.25, 0.3) is 5.91 Å². The Morgan fingerprint density at radius 1 is 1.31 bits per heavy atom. The summed E-state index contributed by atoms with van der Waals surface area (Å²) in [6.07, 6.45) is 4.65. The molecule has 0 aliphatic carbocycles. The van der Waals surface area contributed by atoms with Gasteiger partial charge in [-0.3, -0.25) is 19.0 Å². The van der Waals surface area contributed by atoms with Crippen molar-refractivity contribution in [3.63, 3.8) is 0 Å². The third-order valence-electron chi connectivity index (χ3n) is 3.51. The molecule has 10 heteroatoms. The fraction of sp³-hybridized carbons (Fsp3) is 0.250. The summed E-state index contributed by atoms with van der Waals surface area (Å²) in [4.78, 5) is 24.6. The van der Waals surface area contributed by atoms with Gasteiger partial charge in [-0.15, -0.1) is 0 Å². The Morgan fingerprint density at radius 3 is 2.77 bits per heavy atom. The number of hydrogen-bond acceptors (Lipinski definition) is 5. The Hall–Kier alpha value is -3.07. The lowest BCUT2D eigenvalue weighted by Gasteiger charge is -2.06. The van der Waals surface area contributed by atoms with Gasteiger partial charge in [0.2, 0.25) is 5.91 Å². The number of rotatable bonds is 6. The van der Waals surface area contributed by atoms with Crippen molar-refractivity contribution >= 4 is 29.1 Å². The monoisotopic (exact) mass is 376 g/mol. The van der Waals surface area contributed by atoms with E-state index in [1.807, 2.05) is 0 Å². The van der Waals surface area contributed by atoms with Crippen LogP contribution in [0.4, 0.5) is 5.69 Å². The molecule has 0 atom stereocenters. The number of aryl methyl sites for hydroxylation is 2. The Balaban J connectivity index is 1.66. The molecule has 0 unspecified atom stereocenters. The molecular weight excluding hydrogens is 360 g/mol. The third-order valence-corrected chi connectivity index (χ3v) is 3.88. The second-order valence-corrected chi connectivity index (χ2v) is 6.04. The zero-order chi connectivity index (χ0) is 18.7. The van der Waals surface area contributed by atoms with Crippen molar-refractivity contribution in [3.05, 3.63) is 53.0 Å². The lowest BCUT2D eigenvalue weighted by atomic mass is 10.3. The van der Waals surface area contributed by atoms with Crippen LogP contribution in [-0.4, -0.2) is 31.4 Å². The highest BCUT2D eigenvalue weighted by molar-refractivity contribution is 6.31. The molecule has 2 amide bonds. The number of nitrogens with one attached hydrogen (secondary N) is 2. The van der Waals surface area contributed by atoms with Crippen LogP contribution in [0.1, 0.15) is 21.9 Å². The molecule has 0 saturated carbocycles. The number of furan rings is 1. The van der Waals surface area contributed by atoms with Crippen molar-refractivity contribution in [2.24, 2.45) is 7.05 Å². The number of carbonyl (C=O) groups is 2. The van der Waals surface area contributed by atoms with Crippen molar-refractivity contribution in [1.82, 2.24) is 24.9 Å². The molecule has 0 saturated heterocycles. The third kappa shape index (κ3) is 4.12. The average molecular weight is 377 g/mol. The van der Waals surface area contributed by atoms with E-state index in [1.54, 1.807) is 38.5 Å². The first-order chi connectivity index (χ1) is 12.4. The molecule has 3 rings (SSSR count). The van der Waals surface area contributed by atoms with Crippen molar-refractivity contribution in [2.75, 3.05) is 5.32 Å². The minimum atomic E-state index is -0.421. The van der Waals surface area contributed by atoms with Gasteiger partial charge in [0.1, 0.15) is 12.3 Å². The fourth-order valence-electron chi connectivity index (χ4n) is 2.32. The maximum absolute atomic E-state index is 12.3. The molecule has 9 nitrogen and oxygen atoms in total. The van der Waals surface area contributed by atoms with Gasteiger partial charge in [-0.25, -0.2) is 0 Å². The molecule has 0 radical (unpaired) electrons. The van der Waals surface area contributed by atoms with E-state index in [4.69, 9.17) is 16.0 Å². The van der Waals surface area contributed by atoms with E-state index >= 15 is 0 Å². The maximum Gasteiger partial charge on any atom is 0.274 e. The average Bonchev–Trinajstić information content (AvgIpc) is 3.28. The summed E-state index contributed by atoms with van der Waals surface area (Å²) < 4.78 is 8.05. The van der Waals surface area contributed by atoms with Gasteiger partial charge in [0.15, 0.2) is 5.69 Å². The van der Waals surface area contributed by atoms with Crippen molar-refractivity contribution in [3.8, 4) is 0 Å². The smallest absolute Gasteiger partial charge is 0.274 e. The summed E-state index contributed by atoms with van der Waals surface area (Å²) in [5, 5.41) is 14.1. The molecule has 0 bridgehead atoms. The molecule has 2 N–H and O–H groups in total. The van der Waals surface area contributed by atoms with Gasteiger partial charge in [-0.05, 0) is 19.1 Å². The summed E-state index contributed by atoms with van der Waals surface area (Å²) >= 11 is 5.93. The van der Waals surface area contributed by atoms with Crippen LogP contribution in [0.25, 0.3) is 0 Å². The zero-order valence-electron chi connectivity index (χ0n) is 14.2. The van der Waals surface area contributed by atoms with E-state index in [9.17, 15) is 9.59 Å². The van der Waals surface area contributed by atoms with Gasteiger partial charge < -0.3 is 15.1 Å². The summed E-state index contributed by atoms with van der Waals surface area (Å²) in [7, 11) is 1.66. The molecule has 136 valence electrons. The van der Waals surface area contributed by atoms with E-state index in [0.29, 0.717) is 22.2 Å². The molecule has 0 aliphatic heterocycles. The van der Waals surface area contributed by atoms with Crippen molar-refractivity contribution in [2.45, 2.75) is 20.0 Å². The minimum absolute atomic E-state index is 0.0318. The zero-order valence-corrected chi connectivity index (χ0v) is 14.9. The van der Waals surface area contributed by atoms with Crippen LogP contribution in [0.15, 0.2) is 35.2 Å². The van der Waals surface area contributed by atoms with E-state index in [1.165, 1.54) is 15.6 Å². The summed E-state index contributed by atoms with van der Waals surface area (Å²) in [6.45, 7) is 1.94. The Labute approximate surface area is 153 Å². The summed E-state index contributed by atoms with van der Waals surface area (Å²) in [5.74, 6) is -0.154. The number of nitrogens with zero attached hydrogens (tertiary/aromatic N) is 4. The largest absolute Gasteiger partial charge is 0.467 e. The molecule has 0 aromatic carbocycles. The molecule has 0 spiro atoms. The van der Waals surface area contributed by atoms with Crippen LogP contribution in [-0.2, 0) is 24.9 Å². The molecular formula is C16H17ClN6O3. The fourth-order valence-corrected chi connectivity index (χ4v) is 2.47. The van der Waals surface area contributed by atoms with Crippen LogP contribution in [0.3, 0.4) is 0 Å². The molecule has 0 aliphatic rings. The minimum Gasteiger partial charge on any atom is -0.467 e. The van der Waals surface area contributed by atoms with E-state index < -0.39 is 5.91 Å². The Bertz CT molecular complexity index is 909. The highest BCUT2D eigenvalue weighted by Gasteiger charge is 2.18. The van der Waals surface area contributed by atoms with Crippen molar-refractivity contribution in [1.29, 1.82) is 0 Å². The second kappa shape index (κ2) is 7.44. The lowest BCUT2D eigenvalue weighted by Crippen LogP contribution is -2.25. The first kappa shape index (κ1) is 17.7. The second-order valence-electron chi connectivity index (χ2n) is 5.64. The SMILES string of the molecule is Cc1nn(CC(=O)Nc2cn(C)nc2C(=O)NCc2ccco2)cc1Cl. The summed E-state index contributed by atoms with van der Waals surface area (Å²) in [6, 6.07) is 3.48. The molecule has 26 heavy (non-hydrogen) atoms. The number of carbonyl (C=O) groups excluding carboxylic acids is 2. The van der Waals surface area contributed by atoms with Gasteiger partial charge >= 0.3 is 0 Å². The highest BCUT2D eigenvalue weighted by atomic mass is 35.5. The molecule has 3 heterocycles. The van der Waals surface area contributed by atoms with Crippen LogP contribution < -0.4 is 10.6 Å². The predicted octanol–water partition coefficient (Wildman–Crippen LogP) is 1.74. The van der Waals surface area contributed by atoms with Gasteiger partial charge in [0.05, 0.1) is 29.2 Å². The predicted molar refractivity (Wildman–Crippen MR) is 93.7 cm³/mol. The van der Waals surface area contributed by atoms with Crippen LogP contribution in [0, 0.1) is 6.92 Å². The normalized spacial score (nSPS) is 10.7. The quantitative estimate of drug-likeness (QED) is 0.681. The standard InChI is InChI=1S/C16H17ClN6O3/c1-10-12(17)7-23(20-10)9-14(24)19-13-8-22(2)21-15(13)16(25)18-6-11-4-3-5-26-11/h3-5,7-8H,6,9H2,1-2H3,(H,18,25)(H,19,24). The number of amides is 2. The number of hydrogen-bond donors (Lipinski definition) is 2. The highest BCUT2D eigenvalue weighted by Crippen LogP contribution is 2.15. The topological polar surface area (TPSA) is 107 Å². The maximum atomic E-state index is 12.3. The first-order valence-corrected chi connectivity index (χ1v) is 8.14. The van der Waals surface area contributed by atoms with Gasteiger partial charge in [-0.2, -0.15) is 10.2 Å². The first-order valence-electron chi connectivity index (χ1n) is 7.76. The molecule has 0 fully saturated rings. The van der Waals surface area contributed by atoms with Crippen molar-refractivity contribution < 1.29 is 14.0 Å². The van der Waals surface area contributed by atoms with Crippen LogP contribution in [0.5, 0.6) is 0 Å². The molecule has 3 aromatic heterocycles. The van der Waals surface area contributed by atoms with Gasteiger partial charge in [-0.1, -0.05) is 11.6 Å². The Kier molecular flexibility index (Phi) is 5.08. The van der Waals surface area contributed by atoms with E-state index in [2.05, 4.69) is 20.8 Å². The number of anilines is 1. The van der Waals surface area contributed by atoms with Gasteiger partial charge in [0, 0.05) is 19.4 Å². The number of aromatic nitrogens is 4. The molecule has 3 aromatic rings. The van der Waals surface area contributed by atoms with E-state index in [0.717, 1.165) is 0 Å². The Morgan fingerprint density at radius 2 is 2.12 bits per heavy atom. The number of halogens is 1. The lowest BCUT2D eigenvalue weighted by molar-refractivity contribution is -0.116. The van der Waals surface area contributed by atoms with Crippen LogP contribution in [0.2, 0.25) is 5.02 Å². The van der Waals surface area contributed by atoms with E-state index in [-0.39, 0.29) is 24.7 Å². The van der Waals surface area contributed by atoms with Crippen LogP contribution >= 0.6 is 11.6 Å². The summed E-state index contributed by atoms with van der Waals surface area (Å²) in [5.41, 5.74) is 1.06.